The van der Waals surface area contributed by atoms with E-state index in [1.54, 1.807) is 7.05 Å². The van der Waals surface area contributed by atoms with Crippen molar-refractivity contribution >= 4 is 23.7 Å². The molecule has 2 N–H and O–H groups in total. The minimum Gasteiger partial charge on any atom is -0.359 e. The van der Waals surface area contributed by atoms with Gasteiger partial charge in [0.1, 0.15) is 0 Å². The van der Waals surface area contributed by atoms with Gasteiger partial charge in [0.25, 0.3) is 0 Å². The van der Waals surface area contributed by atoms with Crippen molar-refractivity contribution in [1.82, 2.24) is 15.5 Å². The third-order valence-electron chi connectivity index (χ3n) is 4.66. The summed E-state index contributed by atoms with van der Waals surface area (Å²) >= 11 is 1.85. The van der Waals surface area contributed by atoms with E-state index in [9.17, 15) is 9.59 Å². The van der Waals surface area contributed by atoms with Crippen LogP contribution in [0.2, 0.25) is 0 Å². The second-order valence-electron chi connectivity index (χ2n) is 6.05. The molecule has 2 aliphatic rings. The van der Waals surface area contributed by atoms with Crippen LogP contribution in [0.4, 0.5) is 4.79 Å². The largest absolute Gasteiger partial charge is 0.359 e. The van der Waals surface area contributed by atoms with Gasteiger partial charge in [0.15, 0.2) is 0 Å². The Labute approximate surface area is 141 Å². The highest BCUT2D eigenvalue weighted by atomic mass is 32.2. The van der Waals surface area contributed by atoms with Gasteiger partial charge in [-0.25, -0.2) is 4.79 Å². The zero-order valence-corrected chi connectivity index (χ0v) is 14.2. The first-order valence-corrected chi connectivity index (χ1v) is 9.16. The molecule has 2 aliphatic heterocycles. The third-order valence-corrected chi connectivity index (χ3v) is 5.78. The van der Waals surface area contributed by atoms with E-state index < -0.39 is 0 Å². The van der Waals surface area contributed by atoms with Gasteiger partial charge in [-0.05, 0) is 30.9 Å². The number of fused-ring (bicyclic) bond motifs is 1. The highest BCUT2D eigenvalue weighted by Crippen LogP contribution is 2.35. The van der Waals surface area contributed by atoms with Crippen LogP contribution in [-0.4, -0.2) is 42.7 Å². The van der Waals surface area contributed by atoms with Crippen molar-refractivity contribution in [2.45, 2.75) is 30.2 Å². The zero-order valence-electron chi connectivity index (χ0n) is 13.4. The van der Waals surface area contributed by atoms with Crippen LogP contribution >= 0.6 is 11.8 Å². The van der Waals surface area contributed by atoms with Gasteiger partial charge < -0.3 is 15.5 Å². The van der Waals surface area contributed by atoms with Crippen LogP contribution < -0.4 is 10.6 Å². The summed E-state index contributed by atoms with van der Waals surface area (Å²) in [6.45, 7) is 1.29. The van der Waals surface area contributed by atoms with Gasteiger partial charge in [0.05, 0.1) is 6.04 Å². The summed E-state index contributed by atoms with van der Waals surface area (Å²) < 4.78 is 0. The van der Waals surface area contributed by atoms with Crippen LogP contribution in [0.1, 0.15) is 30.9 Å². The monoisotopic (exact) mass is 333 g/mol. The first-order chi connectivity index (χ1) is 11.2. The highest BCUT2D eigenvalue weighted by molar-refractivity contribution is 7.99. The van der Waals surface area contributed by atoms with E-state index in [4.69, 9.17) is 0 Å². The molecule has 0 radical (unpaired) electrons. The quantitative estimate of drug-likeness (QED) is 0.873. The van der Waals surface area contributed by atoms with E-state index in [1.165, 1.54) is 10.5 Å². The SMILES string of the molecule is CNC(=O)C1CCN(C(=O)N[C@H]2CCSc3ccccc32)CC1. The lowest BCUT2D eigenvalue weighted by molar-refractivity contribution is -0.125. The molecule has 1 saturated heterocycles. The molecule has 1 aromatic rings. The molecular formula is C17H23N3O2S. The molecule has 23 heavy (non-hydrogen) atoms. The van der Waals surface area contributed by atoms with Gasteiger partial charge in [-0.3, -0.25) is 4.79 Å². The summed E-state index contributed by atoms with van der Waals surface area (Å²) in [5.41, 5.74) is 1.22. The second-order valence-corrected chi connectivity index (χ2v) is 7.19. The Morgan fingerprint density at radius 1 is 1.17 bits per heavy atom. The normalized spacial score (nSPS) is 21.4. The number of carbonyl (C=O) groups is 2. The van der Waals surface area contributed by atoms with Crippen LogP contribution in [0, 0.1) is 5.92 Å². The predicted octanol–water partition coefficient (Wildman–Crippen LogP) is 2.39. The number of likely N-dealkylation sites (tertiary alicyclic amines) is 1. The van der Waals surface area contributed by atoms with Crippen molar-refractivity contribution in [2.75, 3.05) is 25.9 Å². The number of piperidine rings is 1. The lowest BCUT2D eigenvalue weighted by Gasteiger charge is -2.33. The maximum absolute atomic E-state index is 12.5. The van der Waals surface area contributed by atoms with Crippen LogP contribution in [0.3, 0.4) is 0 Å². The van der Waals surface area contributed by atoms with E-state index >= 15 is 0 Å². The Hall–Kier alpha value is -1.69. The molecule has 2 heterocycles. The van der Waals surface area contributed by atoms with Crippen molar-refractivity contribution < 1.29 is 9.59 Å². The number of benzene rings is 1. The molecule has 0 aromatic heterocycles. The number of thioether (sulfide) groups is 1. The summed E-state index contributed by atoms with van der Waals surface area (Å²) in [5, 5.41) is 5.87. The average molecular weight is 333 g/mol. The number of urea groups is 1. The van der Waals surface area contributed by atoms with Crippen molar-refractivity contribution in [3.63, 3.8) is 0 Å². The van der Waals surface area contributed by atoms with Crippen LogP contribution in [0.5, 0.6) is 0 Å². The molecule has 124 valence electrons. The predicted molar refractivity (Wildman–Crippen MR) is 91.4 cm³/mol. The van der Waals surface area contributed by atoms with E-state index in [-0.39, 0.29) is 23.9 Å². The van der Waals surface area contributed by atoms with Crippen molar-refractivity contribution in [2.24, 2.45) is 5.92 Å². The summed E-state index contributed by atoms with van der Waals surface area (Å²) in [4.78, 5) is 27.3. The molecular weight excluding hydrogens is 310 g/mol. The number of amides is 3. The maximum atomic E-state index is 12.5. The molecule has 0 unspecified atom stereocenters. The van der Waals surface area contributed by atoms with Crippen LogP contribution in [0.15, 0.2) is 29.2 Å². The molecule has 1 aromatic carbocycles. The number of hydrogen-bond donors (Lipinski definition) is 2. The Morgan fingerprint density at radius 3 is 2.65 bits per heavy atom. The van der Waals surface area contributed by atoms with Gasteiger partial charge in [-0.15, -0.1) is 11.8 Å². The van der Waals surface area contributed by atoms with Crippen LogP contribution in [0.25, 0.3) is 0 Å². The van der Waals surface area contributed by atoms with E-state index in [2.05, 4.69) is 22.8 Å². The van der Waals surface area contributed by atoms with Gasteiger partial charge in [-0.1, -0.05) is 18.2 Å². The smallest absolute Gasteiger partial charge is 0.317 e. The fourth-order valence-electron chi connectivity index (χ4n) is 3.28. The third kappa shape index (κ3) is 3.63. The molecule has 5 nitrogen and oxygen atoms in total. The Morgan fingerprint density at radius 2 is 1.91 bits per heavy atom. The topological polar surface area (TPSA) is 61.4 Å². The van der Waals surface area contributed by atoms with Crippen molar-refractivity contribution in [3.05, 3.63) is 29.8 Å². The number of nitrogens with one attached hydrogen (secondary N) is 2. The summed E-state index contributed by atoms with van der Waals surface area (Å²) in [6.07, 6.45) is 2.44. The summed E-state index contributed by atoms with van der Waals surface area (Å²) in [6, 6.07) is 8.37. The lowest BCUT2D eigenvalue weighted by Crippen LogP contribution is -2.47. The average Bonchev–Trinajstić information content (AvgIpc) is 2.61. The van der Waals surface area contributed by atoms with Gasteiger partial charge >= 0.3 is 6.03 Å². The van der Waals surface area contributed by atoms with Gasteiger partial charge in [0, 0.05) is 36.7 Å². The number of carbonyl (C=O) groups excluding carboxylic acids is 2. The minimum absolute atomic E-state index is 0.00735. The molecule has 0 aliphatic carbocycles. The van der Waals surface area contributed by atoms with Gasteiger partial charge in [0.2, 0.25) is 5.91 Å². The Kier molecular flexibility index (Phi) is 5.10. The minimum atomic E-state index is -0.00735. The standard InChI is InChI=1S/C17H23N3O2S/c1-18-16(21)12-6-9-20(10-7-12)17(22)19-14-8-11-23-15-5-3-2-4-13(14)15/h2-5,12,14H,6-11H2,1H3,(H,18,21)(H,19,22)/t14-/m0/s1. The van der Waals surface area contributed by atoms with Gasteiger partial charge in [-0.2, -0.15) is 0 Å². The first kappa shape index (κ1) is 16.2. The molecule has 3 amide bonds. The molecule has 0 bridgehead atoms. The lowest BCUT2D eigenvalue weighted by atomic mass is 9.96. The maximum Gasteiger partial charge on any atom is 0.317 e. The first-order valence-electron chi connectivity index (χ1n) is 8.18. The molecule has 1 fully saturated rings. The Bertz CT molecular complexity index is 585. The van der Waals surface area contributed by atoms with E-state index in [1.807, 2.05) is 28.8 Å². The van der Waals surface area contributed by atoms with Crippen molar-refractivity contribution in [1.29, 1.82) is 0 Å². The van der Waals surface area contributed by atoms with Crippen LogP contribution in [-0.2, 0) is 4.79 Å². The molecule has 6 heteroatoms. The molecule has 1 atom stereocenters. The summed E-state index contributed by atoms with van der Waals surface area (Å²) in [7, 11) is 1.67. The second kappa shape index (κ2) is 7.25. The molecule has 0 saturated carbocycles. The van der Waals surface area contributed by atoms with E-state index in [0.29, 0.717) is 13.1 Å². The molecule has 3 rings (SSSR count). The number of rotatable bonds is 2. The summed E-state index contributed by atoms with van der Waals surface area (Å²) in [5.74, 6) is 1.15. The fraction of sp³-hybridized carbons (Fsp3) is 0.529. The highest BCUT2D eigenvalue weighted by Gasteiger charge is 2.29. The number of nitrogens with zero attached hydrogens (tertiary/aromatic N) is 1. The fourth-order valence-corrected chi connectivity index (χ4v) is 4.41. The number of hydrogen-bond acceptors (Lipinski definition) is 3. The van der Waals surface area contributed by atoms with E-state index in [0.717, 1.165) is 25.0 Å². The van der Waals surface area contributed by atoms with Crippen molar-refractivity contribution in [3.8, 4) is 0 Å². The molecule has 0 spiro atoms. The Balaban J connectivity index is 1.58. The zero-order chi connectivity index (χ0) is 16.2.